The largest absolute Gasteiger partial charge is 0.494 e. The quantitative estimate of drug-likeness (QED) is 0.470. The minimum Gasteiger partial charge on any atom is -0.494 e. The average Bonchev–Trinajstić information content (AvgIpc) is 2.77. The molecule has 31 heavy (non-hydrogen) atoms. The highest BCUT2D eigenvalue weighted by molar-refractivity contribution is 8.15. The van der Waals surface area contributed by atoms with Crippen LogP contribution in [-0.4, -0.2) is 30.9 Å². The third kappa shape index (κ3) is 5.13. The number of aromatic nitrogens is 2. The van der Waals surface area contributed by atoms with Gasteiger partial charge < -0.3 is 10.4 Å². The van der Waals surface area contributed by atoms with Gasteiger partial charge in [-0.3, -0.25) is 18.7 Å². The molecular weight excluding hydrogens is 416 g/mol. The van der Waals surface area contributed by atoms with Crippen LogP contribution in [0.15, 0.2) is 69.2 Å². The molecule has 0 spiro atoms. The van der Waals surface area contributed by atoms with Gasteiger partial charge in [-0.2, -0.15) is 0 Å². The van der Waals surface area contributed by atoms with Crippen molar-refractivity contribution in [2.75, 3.05) is 11.1 Å². The summed E-state index contributed by atoms with van der Waals surface area (Å²) in [6.45, 7) is 1.95. The van der Waals surface area contributed by atoms with Crippen LogP contribution in [-0.2, 0) is 18.9 Å². The van der Waals surface area contributed by atoms with Crippen LogP contribution < -0.4 is 16.6 Å². The van der Waals surface area contributed by atoms with Crippen LogP contribution in [0.1, 0.15) is 11.1 Å². The Morgan fingerprint density at radius 3 is 2.32 bits per heavy atom. The maximum Gasteiger partial charge on any atom is 0.333 e. The first-order chi connectivity index (χ1) is 14.8. The van der Waals surface area contributed by atoms with E-state index in [0.717, 1.165) is 26.5 Å². The molecule has 0 saturated heterocycles. The highest BCUT2D eigenvalue weighted by Crippen LogP contribution is 2.23. The van der Waals surface area contributed by atoms with E-state index in [1.807, 2.05) is 25.1 Å². The molecule has 2 aromatic carbocycles. The zero-order valence-electron chi connectivity index (χ0n) is 17.3. The number of aryl methyl sites for hydroxylation is 1. The number of benzene rings is 2. The van der Waals surface area contributed by atoms with Gasteiger partial charge in [0.2, 0.25) is 11.8 Å². The molecule has 0 aliphatic rings. The van der Waals surface area contributed by atoms with Gasteiger partial charge in [-0.15, -0.1) is 0 Å². The van der Waals surface area contributed by atoms with Crippen LogP contribution in [0, 0.1) is 6.92 Å². The van der Waals surface area contributed by atoms with Crippen LogP contribution >= 0.6 is 11.8 Å². The second-order valence-corrected chi connectivity index (χ2v) is 7.82. The number of anilines is 1. The Labute approximate surface area is 182 Å². The lowest BCUT2D eigenvalue weighted by Gasteiger charge is -2.12. The molecule has 9 heteroatoms. The second kappa shape index (κ2) is 9.48. The van der Waals surface area contributed by atoms with E-state index < -0.39 is 17.1 Å². The van der Waals surface area contributed by atoms with Crippen LogP contribution in [0.2, 0.25) is 0 Å². The number of aromatic hydroxyl groups is 1. The van der Waals surface area contributed by atoms with Crippen molar-refractivity contribution >= 4 is 34.1 Å². The summed E-state index contributed by atoms with van der Waals surface area (Å²) in [6.07, 6.45) is 0. The number of nitrogens with zero attached hydrogens (tertiary/aromatic N) is 3. The first kappa shape index (κ1) is 22.1. The summed E-state index contributed by atoms with van der Waals surface area (Å²) in [5.74, 6) is -0.852. The predicted octanol–water partition coefficient (Wildman–Crippen LogP) is 2.55. The van der Waals surface area contributed by atoms with E-state index in [-0.39, 0.29) is 22.3 Å². The molecule has 0 unspecified atom stereocenters. The third-order valence-electron chi connectivity index (χ3n) is 4.51. The Kier molecular flexibility index (Phi) is 6.76. The molecule has 1 aromatic heterocycles. The normalized spacial score (nSPS) is 11.4. The summed E-state index contributed by atoms with van der Waals surface area (Å²) in [7, 11) is 2.68. The summed E-state index contributed by atoms with van der Waals surface area (Å²) in [4.78, 5) is 41.8. The van der Waals surface area contributed by atoms with E-state index in [0.29, 0.717) is 11.4 Å². The van der Waals surface area contributed by atoms with E-state index >= 15 is 0 Å². The van der Waals surface area contributed by atoms with Crippen molar-refractivity contribution in [3.05, 3.63) is 86.6 Å². The number of hydrogen-bond acceptors (Lipinski definition) is 6. The zero-order valence-corrected chi connectivity index (χ0v) is 18.1. The lowest BCUT2D eigenvalue weighted by atomic mass is 10.2. The summed E-state index contributed by atoms with van der Waals surface area (Å²) < 4.78 is 1.85. The molecule has 0 radical (unpaired) electrons. The molecule has 1 heterocycles. The molecule has 3 aromatic rings. The van der Waals surface area contributed by atoms with Gasteiger partial charge in [0.1, 0.15) is 10.6 Å². The van der Waals surface area contributed by atoms with E-state index in [2.05, 4.69) is 10.3 Å². The van der Waals surface area contributed by atoms with E-state index in [4.69, 9.17) is 0 Å². The SMILES string of the molecule is Cc1ccc(NC(=O)CSC(=Nc2ccccc2)c2c(O)n(C)c(=O)n(C)c2=O)cc1. The van der Waals surface area contributed by atoms with Crippen molar-refractivity contribution in [1.29, 1.82) is 0 Å². The number of nitrogens with one attached hydrogen (secondary N) is 1. The highest BCUT2D eigenvalue weighted by Gasteiger charge is 2.21. The Morgan fingerprint density at radius 1 is 1.03 bits per heavy atom. The molecule has 0 saturated carbocycles. The van der Waals surface area contributed by atoms with Crippen molar-refractivity contribution < 1.29 is 9.90 Å². The fourth-order valence-electron chi connectivity index (χ4n) is 2.77. The van der Waals surface area contributed by atoms with Gasteiger partial charge in [-0.1, -0.05) is 47.7 Å². The topological polar surface area (TPSA) is 106 Å². The molecule has 3 rings (SSSR count). The van der Waals surface area contributed by atoms with E-state index in [1.165, 1.54) is 14.1 Å². The number of hydrogen-bond donors (Lipinski definition) is 2. The molecule has 2 N–H and O–H groups in total. The Hall–Kier alpha value is -3.59. The number of aliphatic imine (C=N–C) groups is 1. The first-order valence-corrected chi connectivity index (χ1v) is 10.4. The highest BCUT2D eigenvalue weighted by atomic mass is 32.2. The van der Waals surface area contributed by atoms with Crippen molar-refractivity contribution in [3.63, 3.8) is 0 Å². The molecule has 8 nitrogen and oxygen atoms in total. The maximum absolute atomic E-state index is 12.8. The molecule has 0 fully saturated rings. The van der Waals surface area contributed by atoms with Gasteiger partial charge >= 0.3 is 5.69 Å². The van der Waals surface area contributed by atoms with Crippen molar-refractivity contribution in [2.24, 2.45) is 19.1 Å². The maximum atomic E-state index is 12.8. The Morgan fingerprint density at radius 2 is 1.68 bits per heavy atom. The Bertz CT molecular complexity index is 1250. The summed E-state index contributed by atoms with van der Waals surface area (Å²) in [5, 5.41) is 13.4. The van der Waals surface area contributed by atoms with Crippen LogP contribution in [0.25, 0.3) is 0 Å². The first-order valence-electron chi connectivity index (χ1n) is 9.40. The van der Waals surface area contributed by atoms with Crippen molar-refractivity contribution in [1.82, 2.24) is 9.13 Å². The third-order valence-corrected chi connectivity index (χ3v) is 5.49. The van der Waals surface area contributed by atoms with Crippen LogP contribution in [0.3, 0.4) is 0 Å². The molecule has 0 aliphatic carbocycles. The van der Waals surface area contributed by atoms with Crippen LogP contribution in [0.5, 0.6) is 5.88 Å². The van der Waals surface area contributed by atoms with Gasteiger partial charge in [0.05, 0.1) is 11.4 Å². The number of amides is 1. The summed E-state index contributed by atoms with van der Waals surface area (Å²) in [6, 6.07) is 16.2. The lowest BCUT2D eigenvalue weighted by Crippen LogP contribution is -2.39. The minimum absolute atomic E-state index is 0.0506. The summed E-state index contributed by atoms with van der Waals surface area (Å²) in [5.41, 5.74) is 0.777. The molecular formula is C22H22N4O4S. The van der Waals surface area contributed by atoms with E-state index in [1.54, 1.807) is 36.4 Å². The van der Waals surface area contributed by atoms with Gasteiger partial charge in [0.15, 0.2) is 0 Å². The zero-order chi connectivity index (χ0) is 22.5. The molecule has 0 bridgehead atoms. The monoisotopic (exact) mass is 438 g/mol. The number of thioether (sulfide) groups is 1. The number of carbonyl (C=O) groups excluding carboxylic acids is 1. The standard InChI is InChI=1S/C22H22N4O4S/c1-14-9-11-16(12-10-14)23-17(27)13-31-19(24-15-7-5-4-6-8-15)18-20(28)25(2)22(30)26(3)21(18)29/h4-12,28H,13H2,1-3H3,(H,23,27). The lowest BCUT2D eigenvalue weighted by molar-refractivity contribution is -0.113. The molecule has 0 aliphatic heterocycles. The van der Waals surface area contributed by atoms with Crippen molar-refractivity contribution in [3.8, 4) is 5.88 Å². The molecule has 1 amide bonds. The predicted molar refractivity (Wildman–Crippen MR) is 123 cm³/mol. The number of para-hydroxylation sites is 1. The van der Waals surface area contributed by atoms with Crippen molar-refractivity contribution in [2.45, 2.75) is 6.92 Å². The second-order valence-electron chi connectivity index (χ2n) is 6.86. The fraction of sp³-hybridized carbons (Fsp3) is 0.182. The average molecular weight is 439 g/mol. The van der Waals surface area contributed by atoms with Gasteiger partial charge in [0.25, 0.3) is 5.56 Å². The molecule has 0 atom stereocenters. The fourth-order valence-corrected chi connectivity index (χ4v) is 3.60. The van der Waals surface area contributed by atoms with Gasteiger partial charge in [0, 0.05) is 19.8 Å². The Balaban J connectivity index is 1.95. The smallest absolute Gasteiger partial charge is 0.333 e. The number of carbonyl (C=O) groups is 1. The minimum atomic E-state index is -0.693. The van der Waals surface area contributed by atoms with Crippen LogP contribution in [0.4, 0.5) is 11.4 Å². The van der Waals surface area contributed by atoms with Gasteiger partial charge in [-0.05, 0) is 31.2 Å². The van der Waals surface area contributed by atoms with E-state index in [9.17, 15) is 19.5 Å². The van der Waals surface area contributed by atoms with Gasteiger partial charge in [-0.25, -0.2) is 9.79 Å². The molecule has 160 valence electrons. The summed E-state index contributed by atoms with van der Waals surface area (Å²) >= 11 is 1.00. The number of rotatable bonds is 5.